The van der Waals surface area contributed by atoms with Crippen molar-refractivity contribution in [3.63, 3.8) is 0 Å². The van der Waals surface area contributed by atoms with Gasteiger partial charge in [0.15, 0.2) is 0 Å². The predicted molar refractivity (Wildman–Crippen MR) is 236 cm³/mol. The Morgan fingerprint density at radius 1 is 0.906 bits per heavy atom. The Morgan fingerprint density at radius 2 is 1.73 bits per heavy atom. The number of methoxy groups -OCH3 is 2. The molecule has 3 fully saturated rings. The molecule has 7 atom stereocenters. The molecule has 0 spiro atoms. The molecule has 16 nitrogen and oxygen atoms in total. The molecule has 1 aliphatic carbocycles. The summed E-state index contributed by atoms with van der Waals surface area (Å²) in [5.74, 6) is 1.96. The second-order valence-corrected chi connectivity index (χ2v) is 17.8. The molecule has 0 bridgehead atoms. The van der Waals surface area contributed by atoms with Gasteiger partial charge in [-0.25, -0.2) is 19.6 Å². The van der Waals surface area contributed by atoms with Crippen LogP contribution in [-0.4, -0.2) is 98.3 Å². The standard InChI is InChI=1S/C48H50N8O8/c1-24(2)40(54-48(61)63-4)46(58)56-36-17-29(36)18-38(56)44-50-34-13-11-27-16-33-31-12-10-28(15-30(31)23-64-39(33)19-32(27)42(34)52-44)35-20-49-43(51-35)37-14-25(22-62-3)21-55(37)45(57)41(53-47(59)60)26-8-6-5-7-9-26/h5-13,15-16,19-20,24-25,29,36-38,40-41,53H,14,17-18,21-23H2,1-4H3,(H,49,51)(H,50,52)(H,54,61)(H,59,60)/t25-,29+,36?,37-,38-,40-,41+/m0/s1. The van der Waals surface area contributed by atoms with Crippen LogP contribution < -0.4 is 15.4 Å². The molecule has 4 aliphatic rings. The van der Waals surface area contributed by atoms with Crippen LogP contribution in [0.3, 0.4) is 0 Å². The lowest BCUT2D eigenvalue weighted by molar-refractivity contribution is -0.137. The zero-order valence-corrected chi connectivity index (χ0v) is 36.0. The third-order valence-corrected chi connectivity index (χ3v) is 13.4. The molecule has 5 N–H and O–H groups in total. The van der Waals surface area contributed by atoms with Crippen LogP contribution in [0.1, 0.15) is 74.0 Å². The van der Waals surface area contributed by atoms with Gasteiger partial charge in [-0.1, -0.05) is 62.4 Å². The van der Waals surface area contributed by atoms with Gasteiger partial charge < -0.3 is 49.7 Å². The Bertz CT molecular complexity index is 2800. The third-order valence-electron chi connectivity index (χ3n) is 13.4. The number of hydrogen-bond donors (Lipinski definition) is 5. The third kappa shape index (κ3) is 7.34. The van der Waals surface area contributed by atoms with Crippen molar-refractivity contribution in [1.29, 1.82) is 0 Å². The summed E-state index contributed by atoms with van der Waals surface area (Å²) < 4.78 is 16.8. The molecule has 16 heteroatoms. The summed E-state index contributed by atoms with van der Waals surface area (Å²) in [4.78, 5) is 72.7. The molecular weight excluding hydrogens is 817 g/mol. The summed E-state index contributed by atoms with van der Waals surface area (Å²) in [6.07, 6.45) is 2.22. The number of carboxylic acid groups (broad SMARTS) is 1. The van der Waals surface area contributed by atoms with Crippen molar-refractivity contribution in [3.05, 3.63) is 102 Å². The van der Waals surface area contributed by atoms with E-state index in [0.29, 0.717) is 43.5 Å². The number of likely N-dealkylation sites (tertiary alicyclic amines) is 2. The number of hydrogen-bond acceptors (Lipinski definition) is 9. The molecule has 1 unspecified atom stereocenters. The summed E-state index contributed by atoms with van der Waals surface area (Å²) in [7, 11) is 2.93. The quantitative estimate of drug-likeness (QED) is 0.0882. The molecule has 4 amide bonds. The highest BCUT2D eigenvalue weighted by molar-refractivity contribution is 6.07. The van der Waals surface area contributed by atoms with E-state index < -0.39 is 30.3 Å². The minimum Gasteiger partial charge on any atom is -0.488 e. The number of nitrogens with one attached hydrogen (secondary N) is 4. The van der Waals surface area contributed by atoms with E-state index in [1.807, 2.05) is 30.9 Å². The Morgan fingerprint density at radius 3 is 2.50 bits per heavy atom. The first-order chi connectivity index (χ1) is 31.0. The van der Waals surface area contributed by atoms with Gasteiger partial charge in [0.25, 0.3) is 5.91 Å². The van der Waals surface area contributed by atoms with Crippen LogP contribution in [0.4, 0.5) is 9.59 Å². The second-order valence-electron chi connectivity index (χ2n) is 17.8. The van der Waals surface area contributed by atoms with Crippen LogP contribution in [0, 0.1) is 17.8 Å². The van der Waals surface area contributed by atoms with Crippen molar-refractivity contribution in [2.45, 2.75) is 69.9 Å². The zero-order chi connectivity index (χ0) is 44.4. The van der Waals surface area contributed by atoms with Crippen molar-refractivity contribution >= 4 is 45.8 Å². The molecule has 0 radical (unpaired) electrons. The lowest BCUT2D eigenvalue weighted by Crippen LogP contribution is -2.52. The van der Waals surface area contributed by atoms with Crippen molar-refractivity contribution in [2.75, 3.05) is 27.4 Å². The van der Waals surface area contributed by atoms with E-state index in [9.17, 15) is 24.3 Å². The maximum Gasteiger partial charge on any atom is 0.407 e. The number of aromatic amines is 2. The summed E-state index contributed by atoms with van der Waals surface area (Å²) >= 11 is 0. The summed E-state index contributed by atoms with van der Waals surface area (Å²) in [6.45, 7) is 5.03. The first kappa shape index (κ1) is 41.1. The van der Waals surface area contributed by atoms with Crippen molar-refractivity contribution in [2.24, 2.45) is 17.8 Å². The molecule has 3 aliphatic heterocycles. The molecule has 1 saturated carbocycles. The number of ether oxygens (including phenoxy) is 3. The lowest BCUT2D eigenvalue weighted by atomic mass is 9.92. The Labute approximate surface area is 368 Å². The van der Waals surface area contributed by atoms with Crippen LogP contribution in [-0.2, 0) is 25.7 Å². The van der Waals surface area contributed by atoms with Crippen LogP contribution >= 0.6 is 0 Å². The normalized spacial score (nSPS) is 21.8. The molecule has 2 saturated heterocycles. The highest BCUT2D eigenvalue weighted by atomic mass is 16.5. The minimum absolute atomic E-state index is 0.0388. The molecule has 10 rings (SSSR count). The number of fused-ring (bicyclic) bond motifs is 7. The van der Waals surface area contributed by atoms with E-state index >= 15 is 0 Å². The van der Waals surface area contributed by atoms with Crippen LogP contribution in [0.2, 0.25) is 0 Å². The Hall–Kier alpha value is -6.94. The number of imidazole rings is 2. The number of amides is 4. The number of carbonyl (C=O) groups is 4. The average Bonchev–Trinajstić information content (AvgIpc) is 3.76. The van der Waals surface area contributed by atoms with Crippen molar-refractivity contribution in [3.8, 4) is 28.1 Å². The zero-order valence-electron chi connectivity index (χ0n) is 36.0. The van der Waals surface area contributed by atoms with Crippen LogP contribution in [0.5, 0.6) is 5.75 Å². The topological polar surface area (TPSA) is 204 Å². The van der Waals surface area contributed by atoms with Gasteiger partial charge in [-0.2, -0.15) is 0 Å². The summed E-state index contributed by atoms with van der Waals surface area (Å²) in [5.41, 5.74) is 6.98. The first-order valence-electron chi connectivity index (χ1n) is 21.8. The lowest BCUT2D eigenvalue weighted by Gasteiger charge is -2.31. The van der Waals surface area contributed by atoms with E-state index in [0.717, 1.165) is 74.2 Å². The van der Waals surface area contributed by atoms with Gasteiger partial charge in [-0.15, -0.1) is 0 Å². The largest absolute Gasteiger partial charge is 0.488 e. The fraction of sp³-hybridized carbons (Fsp3) is 0.375. The number of piperidine rings is 1. The number of H-pyrrole nitrogens is 2. The number of carbonyl (C=O) groups excluding carboxylic acids is 3. The molecular formula is C48H50N8O8. The first-order valence-corrected chi connectivity index (χ1v) is 21.8. The Kier molecular flexibility index (Phi) is 10.5. The number of alkyl carbamates (subject to hydrolysis) is 1. The number of rotatable bonds is 11. The fourth-order valence-corrected chi connectivity index (χ4v) is 10.2. The maximum absolute atomic E-state index is 14.1. The molecule has 5 heterocycles. The summed E-state index contributed by atoms with van der Waals surface area (Å²) in [6, 6.07) is 21.1. The predicted octanol–water partition coefficient (Wildman–Crippen LogP) is 7.25. The van der Waals surface area contributed by atoms with Gasteiger partial charge in [0.05, 0.1) is 48.7 Å². The fourth-order valence-electron chi connectivity index (χ4n) is 10.2. The monoisotopic (exact) mass is 866 g/mol. The summed E-state index contributed by atoms with van der Waals surface area (Å²) in [5, 5.41) is 16.8. The molecule has 64 heavy (non-hydrogen) atoms. The van der Waals surface area contributed by atoms with Gasteiger partial charge >= 0.3 is 12.2 Å². The maximum atomic E-state index is 14.1. The van der Waals surface area contributed by atoms with Gasteiger partial charge in [0, 0.05) is 36.6 Å². The van der Waals surface area contributed by atoms with Crippen LogP contribution in [0.15, 0.2) is 79.0 Å². The van der Waals surface area contributed by atoms with Crippen molar-refractivity contribution in [1.82, 2.24) is 40.4 Å². The SMILES string of the molecule is COC[C@H]1C[C@@H](c2ncc(-c3ccc4c(c3)COc3cc5c(ccc6nc([C@@H]7C[C@H]8CC8N7C(=O)[C@@H](NC(=O)OC)C(C)C)[nH]c65)cc3-4)[nH]2)N(C(=O)[C@H](NC(=O)O)c2ccccc2)C1. The van der Waals surface area contributed by atoms with E-state index in [1.54, 1.807) is 42.5 Å². The molecule has 330 valence electrons. The molecule has 2 aromatic heterocycles. The molecule has 4 aromatic carbocycles. The van der Waals surface area contributed by atoms with E-state index in [2.05, 4.69) is 57.0 Å². The second kappa shape index (κ2) is 16.3. The minimum atomic E-state index is -1.28. The number of aromatic nitrogens is 4. The van der Waals surface area contributed by atoms with Crippen LogP contribution in [0.25, 0.3) is 44.2 Å². The van der Waals surface area contributed by atoms with Gasteiger partial charge in [0.1, 0.15) is 36.1 Å². The number of benzene rings is 4. The van der Waals surface area contributed by atoms with Gasteiger partial charge in [-0.05, 0) is 83.0 Å². The van der Waals surface area contributed by atoms with E-state index in [1.165, 1.54) is 7.11 Å². The highest BCUT2D eigenvalue weighted by Crippen LogP contribution is 2.54. The van der Waals surface area contributed by atoms with Gasteiger partial charge in [-0.3, -0.25) is 9.59 Å². The number of nitrogens with zero attached hydrogens (tertiary/aromatic N) is 4. The molecule has 6 aromatic rings. The van der Waals surface area contributed by atoms with E-state index in [4.69, 9.17) is 24.2 Å². The van der Waals surface area contributed by atoms with Crippen molar-refractivity contribution < 1.29 is 38.5 Å². The highest BCUT2D eigenvalue weighted by Gasteiger charge is 2.56. The smallest absolute Gasteiger partial charge is 0.407 e. The van der Waals surface area contributed by atoms with Gasteiger partial charge in [0.2, 0.25) is 5.91 Å². The van der Waals surface area contributed by atoms with E-state index in [-0.39, 0.29) is 35.7 Å². The Balaban J connectivity index is 0.910. The average molecular weight is 867 g/mol.